The van der Waals surface area contributed by atoms with E-state index >= 15 is 0 Å². The standard InChI is InChI=1S/C14H12N2S/c1-9-3-2-4-10-7-12(17-14(9)10)11-5-6-13(15)16-8-11/h2-8H,1H3,(H2,15,16). The summed E-state index contributed by atoms with van der Waals surface area (Å²) in [6, 6.07) is 12.4. The lowest BCUT2D eigenvalue weighted by atomic mass is 10.1. The van der Waals surface area contributed by atoms with Crippen molar-refractivity contribution >= 4 is 27.2 Å². The van der Waals surface area contributed by atoms with Crippen LogP contribution in [0.4, 0.5) is 5.82 Å². The summed E-state index contributed by atoms with van der Waals surface area (Å²) in [6.07, 6.45) is 1.83. The number of anilines is 1. The Morgan fingerprint density at radius 3 is 2.76 bits per heavy atom. The number of nitrogens with two attached hydrogens (primary N) is 1. The third-order valence-electron chi connectivity index (χ3n) is 2.81. The predicted molar refractivity (Wildman–Crippen MR) is 74.2 cm³/mol. The number of thiophene rings is 1. The topological polar surface area (TPSA) is 38.9 Å². The molecule has 0 saturated carbocycles. The third kappa shape index (κ3) is 1.78. The number of fused-ring (bicyclic) bond motifs is 1. The molecule has 2 heterocycles. The SMILES string of the molecule is Cc1cccc2cc(-c3ccc(N)nc3)sc12. The van der Waals surface area contributed by atoms with Gasteiger partial charge in [0, 0.05) is 21.3 Å². The number of nitrogens with zero attached hydrogens (tertiary/aromatic N) is 1. The molecule has 0 aliphatic heterocycles. The molecular weight excluding hydrogens is 228 g/mol. The van der Waals surface area contributed by atoms with Crippen LogP contribution in [0.25, 0.3) is 20.5 Å². The fourth-order valence-electron chi connectivity index (χ4n) is 1.90. The number of hydrogen-bond donors (Lipinski definition) is 1. The molecule has 1 aromatic carbocycles. The van der Waals surface area contributed by atoms with Gasteiger partial charge in [0.2, 0.25) is 0 Å². The summed E-state index contributed by atoms with van der Waals surface area (Å²) in [5, 5.41) is 1.29. The highest BCUT2D eigenvalue weighted by molar-refractivity contribution is 7.22. The van der Waals surface area contributed by atoms with Crippen LogP contribution in [0.15, 0.2) is 42.6 Å². The van der Waals surface area contributed by atoms with Crippen molar-refractivity contribution in [3.8, 4) is 10.4 Å². The molecule has 84 valence electrons. The van der Waals surface area contributed by atoms with Gasteiger partial charge in [-0.1, -0.05) is 18.2 Å². The summed E-state index contributed by atoms with van der Waals surface area (Å²) >= 11 is 1.80. The second kappa shape index (κ2) is 3.86. The Kier molecular flexibility index (Phi) is 2.34. The van der Waals surface area contributed by atoms with Crippen LogP contribution in [0.1, 0.15) is 5.56 Å². The molecule has 17 heavy (non-hydrogen) atoms. The summed E-state index contributed by atoms with van der Waals surface area (Å²) in [5.41, 5.74) is 8.04. The molecule has 2 N–H and O–H groups in total. The van der Waals surface area contributed by atoms with Gasteiger partial charge in [0.1, 0.15) is 5.82 Å². The fourth-order valence-corrected chi connectivity index (χ4v) is 3.02. The summed E-state index contributed by atoms with van der Waals surface area (Å²) in [5.74, 6) is 0.561. The van der Waals surface area contributed by atoms with Gasteiger partial charge in [-0.3, -0.25) is 0 Å². The third-order valence-corrected chi connectivity index (χ3v) is 4.15. The number of nitrogen functional groups attached to an aromatic ring is 1. The van der Waals surface area contributed by atoms with Gasteiger partial charge in [0.15, 0.2) is 0 Å². The van der Waals surface area contributed by atoms with Gasteiger partial charge in [-0.15, -0.1) is 11.3 Å². The molecule has 0 aliphatic rings. The second-order valence-corrected chi connectivity index (χ2v) is 5.13. The Balaban J connectivity index is 2.18. The highest BCUT2D eigenvalue weighted by Gasteiger charge is 2.05. The largest absolute Gasteiger partial charge is 0.384 e. The van der Waals surface area contributed by atoms with Crippen molar-refractivity contribution in [2.24, 2.45) is 0 Å². The predicted octanol–water partition coefficient (Wildman–Crippen LogP) is 3.85. The number of rotatable bonds is 1. The van der Waals surface area contributed by atoms with E-state index in [9.17, 15) is 0 Å². The Labute approximate surface area is 104 Å². The van der Waals surface area contributed by atoms with Crippen molar-refractivity contribution < 1.29 is 0 Å². The molecule has 3 aromatic rings. The zero-order valence-electron chi connectivity index (χ0n) is 9.47. The first-order valence-corrected chi connectivity index (χ1v) is 6.27. The summed E-state index contributed by atoms with van der Waals surface area (Å²) in [6.45, 7) is 2.14. The average molecular weight is 240 g/mol. The molecule has 2 nitrogen and oxygen atoms in total. The minimum atomic E-state index is 0.561. The van der Waals surface area contributed by atoms with E-state index in [0.29, 0.717) is 5.82 Å². The number of aryl methyl sites for hydroxylation is 1. The molecule has 0 atom stereocenters. The number of benzene rings is 1. The highest BCUT2D eigenvalue weighted by Crippen LogP contribution is 2.34. The number of hydrogen-bond acceptors (Lipinski definition) is 3. The van der Waals surface area contributed by atoms with E-state index in [-0.39, 0.29) is 0 Å². The molecule has 0 bridgehead atoms. The van der Waals surface area contributed by atoms with Gasteiger partial charge in [0.05, 0.1) is 0 Å². The smallest absolute Gasteiger partial charge is 0.123 e. The van der Waals surface area contributed by atoms with Crippen molar-refractivity contribution in [1.29, 1.82) is 0 Å². The van der Waals surface area contributed by atoms with Gasteiger partial charge in [-0.05, 0) is 36.1 Å². The number of aromatic nitrogens is 1. The van der Waals surface area contributed by atoms with Gasteiger partial charge >= 0.3 is 0 Å². The van der Waals surface area contributed by atoms with E-state index in [1.165, 1.54) is 20.5 Å². The zero-order chi connectivity index (χ0) is 11.8. The highest BCUT2D eigenvalue weighted by atomic mass is 32.1. The normalized spacial score (nSPS) is 10.9. The van der Waals surface area contributed by atoms with Crippen LogP contribution in [-0.4, -0.2) is 4.98 Å². The van der Waals surface area contributed by atoms with Gasteiger partial charge in [-0.25, -0.2) is 4.98 Å². The minimum Gasteiger partial charge on any atom is -0.384 e. The van der Waals surface area contributed by atoms with Crippen molar-refractivity contribution in [3.05, 3.63) is 48.2 Å². The van der Waals surface area contributed by atoms with Crippen molar-refractivity contribution in [1.82, 2.24) is 4.98 Å². The molecule has 3 heteroatoms. The number of pyridine rings is 1. The van der Waals surface area contributed by atoms with Crippen molar-refractivity contribution in [2.45, 2.75) is 6.92 Å². The maximum Gasteiger partial charge on any atom is 0.123 e. The molecule has 0 unspecified atom stereocenters. The quantitative estimate of drug-likeness (QED) is 0.701. The van der Waals surface area contributed by atoms with Gasteiger partial charge in [0.25, 0.3) is 0 Å². The minimum absolute atomic E-state index is 0.561. The Morgan fingerprint density at radius 1 is 1.18 bits per heavy atom. The molecule has 0 radical (unpaired) electrons. The maximum absolute atomic E-state index is 5.60. The van der Waals surface area contributed by atoms with Crippen LogP contribution in [0.2, 0.25) is 0 Å². The van der Waals surface area contributed by atoms with Crippen molar-refractivity contribution in [2.75, 3.05) is 5.73 Å². The zero-order valence-corrected chi connectivity index (χ0v) is 10.3. The molecule has 0 saturated heterocycles. The van der Waals surface area contributed by atoms with Crippen LogP contribution in [-0.2, 0) is 0 Å². The van der Waals surface area contributed by atoms with Crippen LogP contribution in [0, 0.1) is 6.92 Å². The van der Waals surface area contributed by atoms with Crippen LogP contribution >= 0.6 is 11.3 Å². The molecule has 0 aliphatic carbocycles. The Morgan fingerprint density at radius 2 is 2.06 bits per heavy atom. The van der Waals surface area contributed by atoms with E-state index in [2.05, 4.69) is 36.2 Å². The lowest BCUT2D eigenvalue weighted by Crippen LogP contribution is -1.87. The monoisotopic (exact) mass is 240 g/mol. The Bertz CT molecular complexity index is 668. The first-order valence-electron chi connectivity index (χ1n) is 5.45. The van der Waals surface area contributed by atoms with E-state index in [0.717, 1.165) is 5.56 Å². The summed E-state index contributed by atoms with van der Waals surface area (Å²) in [7, 11) is 0. The average Bonchev–Trinajstić information content (AvgIpc) is 2.75. The van der Waals surface area contributed by atoms with E-state index in [4.69, 9.17) is 5.73 Å². The first kappa shape index (κ1) is 10.3. The van der Waals surface area contributed by atoms with Gasteiger partial charge in [-0.2, -0.15) is 0 Å². The van der Waals surface area contributed by atoms with E-state index in [1.807, 2.05) is 18.3 Å². The molecule has 0 spiro atoms. The molecule has 3 rings (SSSR count). The van der Waals surface area contributed by atoms with E-state index < -0.39 is 0 Å². The Hall–Kier alpha value is -1.87. The molecule has 0 fully saturated rings. The van der Waals surface area contributed by atoms with E-state index in [1.54, 1.807) is 11.3 Å². The van der Waals surface area contributed by atoms with Crippen LogP contribution in [0.3, 0.4) is 0 Å². The molecule has 0 amide bonds. The summed E-state index contributed by atoms with van der Waals surface area (Å²) in [4.78, 5) is 5.37. The molecular formula is C14H12N2S. The molecule has 2 aromatic heterocycles. The van der Waals surface area contributed by atoms with Crippen molar-refractivity contribution in [3.63, 3.8) is 0 Å². The first-order chi connectivity index (χ1) is 8.24. The van der Waals surface area contributed by atoms with Gasteiger partial charge < -0.3 is 5.73 Å². The fraction of sp³-hybridized carbons (Fsp3) is 0.0714. The lowest BCUT2D eigenvalue weighted by Gasteiger charge is -1.96. The maximum atomic E-state index is 5.60. The van der Waals surface area contributed by atoms with Crippen LogP contribution in [0.5, 0.6) is 0 Å². The lowest BCUT2D eigenvalue weighted by molar-refractivity contribution is 1.34. The summed E-state index contributed by atoms with van der Waals surface area (Å²) < 4.78 is 1.35. The second-order valence-electron chi connectivity index (χ2n) is 4.08. The van der Waals surface area contributed by atoms with Crippen LogP contribution < -0.4 is 5.73 Å².